The van der Waals surface area contributed by atoms with Crippen molar-refractivity contribution in [3.8, 4) is 5.75 Å². The Morgan fingerprint density at radius 1 is 1.00 bits per heavy atom. The zero-order chi connectivity index (χ0) is 16.2. The van der Waals surface area contributed by atoms with E-state index in [0.29, 0.717) is 5.69 Å². The van der Waals surface area contributed by atoms with Gasteiger partial charge in [0.2, 0.25) is 0 Å². The van der Waals surface area contributed by atoms with E-state index < -0.39 is 18.2 Å². The fourth-order valence-electron chi connectivity index (χ4n) is 1.85. The highest BCUT2D eigenvalue weighted by Gasteiger charge is 2.48. The summed E-state index contributed by atoms with van der Waals surface area (Å²) in [4.78, 5) is 13.1. The molecule has 0 aliphatic rings. The number of rotatable bonds is 4. The maximum absolute atomic E-state index is 13.2. The Morgan fingerprint density at radius 3 is 2.00 bits per heavy atom. The van der Waals surface area contributed by atoms with Crippen LogP contribution in [0.15, 0.2) is 60.7 Å². The van der Waals surface area contributed by atoms with Crippen molar-refractivity contribution in [2.45, 2.75) is 12.3 Å². The average Bonchev–Trinajstić information content (AvgIpc) is 2.52. The van der Waals surface area contributed by atoms with Crippen LogP contribution in [0.4, 0.5) is 18.9 Å². The molecule has 0 spiro atoms. The van der Waals surface area contributed by atoms with Crippen LogP contribution in [0, 0.1) is 0 Å². The van der Waals surface area contributed by atoms with Gasteiger partial charge in [0.15, 0.2) is 0 Å². The van der Waals surface area contributed by atoms with Gasteiger partial charge in [0.25, 0.3) is 12.0 Å². The quantitative estimate of drug-likeness (QED) is 0.862. The van der Waals surface area contributed by atoms with Gasteiger partial charge < -0.3 is 9.64 Å². The first kappa shape index (κ1) is 15.9. The number of hydrogen-bond donors (Lipinski definition) is 0. The summed E-state index contributed by atoms with van der Waals surface area (Å²) < 4.78 is 44.3. The lowest BCUT2D eigenvalue weighted by Crippen LogP contribution is -2.48. The number of para-hydroxylation sites is 2. The first-order valence-electron chi connectivity index (χ1n) is 6.50. The molecule has 0 aromatic heterocycles. The fourth-order valence-corrected chi connectivity index (χ4v) is 1.85. The van der Waals surface area contributed by atoms with Gasteiger partial charge in [-0.15, -0.1) is 0 Å². The summed E-state index contributed by atoms with van der Waals surface area (Å²) in [6, 6.07) is 15.5. The maximum atomic E-state index is 13.2. The van der Waals surface area contributed by atoms with E-state index in [-0.39, 0.29) is 5.75 Å². The third-order valence-corrected chi connectivity index (χ3v) is 2.99. The Labute approximate surface area is 125 Å². The number of alkyl halides is 3. The Kier molecular flexibility index (Phi) is 4.70. The Morgan fingerprint density at radius 2 is 1.50 bits per heavy atom. The molecule has 0 saturated carbocycles. The zero-order valence-corrected chi connectivity index (χ0v) is 11.7. The van der Waals surface area contributed by atoms with Crippen molar-refractivity contribution in [1.29, 1.82) is 0 Å². The minimum atomic E-state index is -4.81. The summed E-state index contributed by atoms with van der Waals surface area (Å²) in [6.45, 7) is 0. The van der Waals surface area contributed by atoms with Crippen LogP contribution in [-0.4, -0.2) is 25.2 Å². The molecule has 0 heterocycles. The van der Waals surface area contributed by atoms with Crippen LogP contribution in [0.5, 0.6) is 5.75 Å². The number of nitrogens with zero attached hydrogens (tertiary/aromatic N) is 1. The van der Waals surface area contributed by atoms with Crippen molar-refractivity contribution in [3.05, 3.63) is 60.7 Å². The van der Waals surface area contributed by atoms with Crippen LogP contribution in [-0.2, 0) is 4.79 Å². The predicted octanol–water partition coefficient (Wildman–Crippen LogP) is 3.66. The van der Waals surface area contributed by atoms with Crippen molar-refractivity contribution in [2.75, 3.05) is 11.9 Å². The first-order valence-corrected chi connectivity index (χ1v) is 6.50. The number of halogens is 3. The van der Waals surface area contributed by atoms with E-state index in [2.05, 4.69) is 0 Å². The molecule has 6 heteroatoms. The molecule has 0 saturated heterocycles. The molecule has 116 valence electrons. The molecule has 2 rings (SSSR count). The van der Waals surface area contributed by atoms with Crippen molar-refractivity contribution in [1.82, 2.24) is 0 Å². The summed E-state index contributed by atoms with van der Waals surface area (Å²) in [7, 11) is 1.28. The molecule has 22 heavy (non-hydrogen) atoms. The van der Waals surface area contributed by atoms with E-state index in [1.807, 2.05) is 0 Å². The van der Waals surface area contributed by atoms with Gasteiger partial charge in [0, 0.05) is 12.7 Å². The van der Waals surface area contributed by atoms with E-state index in [0.717, 1.165) is 4.90 Å². The minimum absolute atomic E-state index is 0.0142. The van der Waals surface area contributed by atoms with Crippen LogP contribution in [0.1, 0.15) is 0 Å². The number of amides is 1. The number of carbonyl (C=O) groups is 1. The van der Waals surface area contributed by atoms with Gasteiger partial charge in [0.1, 0.15) is 5.75 Å². The molecular weight excluding hydrogens is 295 g/mol. The molecule has 0 N–H and O–H groups in total. The second kappa shape index (κ2) is 6.51. The third-order valence-electron chi connectivity index (χ3n) is 2.99. The summed E-state index contributed by atoms with van der Waals surface area (Å²) in [5, 5.41) is 0. The van der Waals surface area contributed by atoms with Crippen molar-refractivity contribution in [2.24, 2.45) is 0 Å². The van der Waals surface area contributed by atoms with Gasteiger partial charge in [-0.2, -0.15) is 13.2 Å². The van der Waals surface area contributed by atoms with Crippen LogP contribution in [0.25, 0.3) is 0 Å². The lowest BCUT2D eigenvalue weighted by Gasteiger charge is -2.26. The number of likely N-dealkylation sites (N-methyl/N-ethyl adjacent to an activating group) is 1. The highest BCUT2D eigenvalue weighted by atomic mass is 19.4. The lowest BCUT2D eigenvalue weighted by atomic mass is 10.2. The monoisotopic (exact) mass is 309 g/mol. The summed E-state index contributed by atoms with van der Waals surface area (Å²) in [5.41, 5.74) is 0.360. The number of benzene rings is 2. The van der Waals surface area contributed by atoms with Crippen molar-refractivity contribution >= 4 is 11.6 Å². The number of ether oxygens (including phenoxy) is 1. The van der Waals surface area contributed by atoms with Crippen molar-refractivity contribution < 1.29 is 22.7 Å². The molecule has 0 aliphatic heterocycles. The number of hydrogen-bond acceptors (Lipinski definition) is 2. The molecule has 0 radical (unpaired) electrons. The van der Waals surface area contributed by atoms with Crippen LogP contribution >= 0.6 is 0 Å². The summed E-state index contributed by atoms with van der Waals surface area (Å²) >= 11 is 0. The molecule has 2 aromatic carbocycles. The normalized spacial score (nSPS) is 12.5. The number of carbonyl (C=O) groups excluding carboxylic acids is 1. The predicted molar refractivity (Wildman–Crippen MR) is 76.8 cm³/mol. The second-order valence-electron chi connectivity index (χ2n) is 4.59. The Bertz CT molecular complexity index is 614. The molecule has 0 fully saturated rings. The summed E-state index contributed by atoms with van der Waals surface area (Å²) in [6.07, 6.45) is -7.37. The van der Waals surface area contributed by atoms with Gasteiger partial charge in [-0.3, -0.25) is 4.79 Å². The van der Waals surface area contributed by atoms with E-state index in [4.69, 9.17) is 4.74 Å². The number of anilines is 1. The zero-order valence-electron chi connectivity index (χ0n) is 11.7. The molecule has 2 aromatic rings. The highest BCUT2D eigenvalue weighted by Crippen LogP contribution is 2.27. The van der Waals surface area contributed by atoms with Crippen LogP contribution in [0.2, 0.25) is 0 Å². The van der Waals surface area contributed by atoms with Gasteiger partial charge in [0.05, 0.1) is 0 Å². The van der Waals surface area contributed by atoms with Gasteiger partial charge in [-0.05, 0) is 24.3 Å². The maximum Gasteiger partial charge on any atom is 0.434 e. The Balaban J connectivity index is 2.24. The molecule has 0 aliphatic carbocycles. The van der Waals surface area contributed by atoms with E-state index in [9.17, 15) is 18.0 Å². The molecule has 1 amide bonds. The van der Waals surface area contributed by atoms with Crippen LogP contribution < -0.4 is 9.64 Å². The van der Waals surface area contributed by atoms with E-state index in [1.54, 1.807) is 36.4 Å². The topological polar surface area (TPSA) is 29.5 Å². The fraction of sp³-hybridized carbons (Fsp3) is 0.188. The van der Waals surface area contributed by atoms with Gasteiger partial charge >= 0.3 is 6.18 Å². The average molecular weight is 309 g/mol. The molecule has 1 unspecified atom stereocenters. The summed E-state index contributed by atoms with van der Waals surface area (Å²) in [5.74, 6) is -1.19. The van der Waals surface area contributed by atoms with Gasteiger partial charge in [-0.25, -0.2) is 0 Å². The largest absolute Gasteiger partial charge is 0.471 e. The molecule has 3 nitrogen and oxygen atoms in total. The van der Waals surface area contributed by atoms with E-state index in [1.165, 1.54) is 31.3 Å². The minimum Gasteiger partial charge on any atom is -0.471 e. The molecule has 0 bridgehead atoms. The second-order valence-corrected chi connectivity index (χ2v) is 4.59. The van der Waals surface area contributed by atoms with Crippen LogP contribution in [0.3, 0.4) is 0 Å². The lowest BCUT2D eigenvalue weighted by molar-refractivity contribution is -0.196. The molecule has 1 atom stereocenters. The standard InChI is InChI=1S/C16H14F3NO2/c1-20(12-8-4-2-5-9-12)15(21)14(16(17,18)19)22-13-10-6-3-7-11-13/h2-11,14H,1H3. The molecular formula is C16H14F3NO2. The van der Waals surface area contributed by atoms with Crippen molar-refractivity contribution in [3.63, 3.8) is 0 Å². The Hall–Kier alpha value is -2.50. The smallest absolute Gasteiger partial charge is 0.434 e. The third kappa shape index (κ3) is 3.78. The van der Waals surface area contributed by atoms with E-state index >= 15 is 0 Å². The first-order chi connectivity index (χ1) is 10.4. The highest BCUT2D eigenvalue weighted by molar-refractivity contribution is 5.96. The SMILES string of the molecule is CN(C(=O)C(Oc1ccccc1)C(F)(F)F)c1ccccc1. The van der Waals surface area contributed by atoms with Gasteiger partial charge in [-0.1, -0.05) is 36.4 Å².